The maximum atomic E-state index is 12.4. The zero-order valence-electron chi connectivity index (χ0n) is 16.5. The van der Waals surface area contributed by atoms with Gasteiger partial charge in [0.1, 0.15) is 23.1 Å². The SMILES string of the molecule is COc1ccc(OCC(=O)Nc2cnc(C)n2-c2nc(-c3ccccc3)cs2)cc1. The van der Waals surface area contributed by atoms with E-state index in [-0.39, 0.29) is 12.5 Å². The number of aryl methyl sites for hydroxylation is 1. The number of benzene rings is 2. The molecule has 1 amide bonds. The molecule has 2 heterocycles. The van der Waals surface area contributed by atoms with E-state index in [0.717, 1.165) is 28.0 Å². The maximum Gasteiger partial charge on any atom is 0.263 e. The van der Waals surface area contributed by atoms with Crippen molar-refractivity contribution in [3.8, 4) is 27.9 Å². The van der Waals surface area contributed by atoms with Crippen molar-refractivity contribution in [2.45, 2.75) is 6.92 Å². The second-order valence-electron chi connectivity index (χ2n) is 6.42. The Morgan fingerprint density at radius 3 is 2.57 bits per heavy atom. The fraction of sp³-hybridized carbons (Fsp3) is 0.136. The van der Waals surface area contributed by atoms with Crippen LogP contribution in [-0.2, 0) is 4.79 Å². The quantitative estimate of drug-likeness (QED) is 0.481. The zero-order chi connectivity index (χ0) is 20.9. The molecule has 0 saturated carbocycles. The molecule has 0 radical (unpaired) electrons. The van der Waals surface area contributed by atoms with E-state index in [4.69, 9.17) is 14.5 Å². The molecule has 0 saturated heterocycles. The van der Waals surface area contributed by atoms with Gasteiger partial charge in [0.15, 0.2) is 11.7 Å². The van der Waals surface area contributed by atoms with Crippen LogP contribution in [0.1, 0.15) is 5.82 Å². The number of hydrogen-bond donors (Lipinski definition) is 1. The van der Waals surface area contributed by atoms with Crippen LogP contribution in [0.15, 0.2) is 66.2 Å². The van der Waals surface area contributed by atoms with Crippen molar-refractivity contribution >= 4 is 23.1 Å². The molecule has 30 heavy (non-hydrogen) atoms. The Bertz CT molecular complexity index is 1140. The minimum Gasteiger partial charge on any atom is -0.497 e. The average Bonchev–Trinajstić information content (AvgIpc) is 3.40. The third kappa shape index (κ3) is 4.33. The molecule has 0 aliphatic heterocycles. The summed E-state index contributed by atoms with van der Waals surface area (Å²) < 4.78 is 12.5. The second-order valence-corrected chi connectivity index (χ2v) is 7.26. The molecule has 7 nitrogen and oxygen atoms in total. The number of anilines is 1. The number of carbonyl (C=O) groups excluding carboxylic acids is 1. The molecule has 0 unspecified atom stereocenters. The predicted molar refractivity (Wildman–Crippen MR) is 117 cm³/mol. The monoisotopic (exact) mass is 420 g/mol. The van der Waals surface area contributed by atoms with Gasteiger partial charge in [0.25, 0.3) is 5.91 Å². The molecule has 0 fully saturated rings. The summed E-state index contributed by atoms with van der Waals surface area (Å²) in [5.41, 5.74) is 1.92. The number of aromatic nitrogens is 3. The first kappa shape index (κ1) is 19.7. The Morgan fingerprint density at radius 2 is 1.83 bits per heavy atom. The van der Waals surface area contributed by atoms with Gasteiger partial charge < -0.3 is 14.8 Å². The fourth-order valence-corrected chi connectivity index (χ4v) is 3.77. The summed E-state index contributed by atoms with van der Waals surface area (Å²) in [6, 6.07) is 17.0. The number of rotatable bonds is 7. The summed E-state index contributed by atoms with van der Waals surface area (Å²) >= 11 is 1.49. The number of nitrogens with zero attached hydrogens (tertiary/aromatic N) is 3. The highest BCUT2D eigenvalue weighted by molar-refractivity contribution is 7.12. The van der Waals surface area contributed by atoms with Crippen molar-refractivity contribution in [3.05, 3.63) is 72.0 Å². The van der Waals surface area contributed by atoms with E-state index in [9.17, 15) is 4.79 Å². The molecular weight excluding hydrogens is 400 g/mol. The molecule has 4 aromatic rings. The first-order chi connectivity index (χ1) is 14.6. The Balaban J connectivity index is 1.46. The Morgan fingerprint density at radius 1 is 1.10 bits per heavy atom. The molecule has 8 heteroatoms. The highest BCUT2D eigenvalue weighted by Crippen LogP contribution is 2.27. The van der Waals surface area contributed by atoms with Crippen LogP contribution in [-0.4, -0.2) is 34.2 Å². The van der Waals surface area contributed by atoms with E-state index in [1.54, 1.807) is 37.6 Å². The van der Waals surface area contributed by atoms with Crippen molar-refractivity contribution in [2.75, 3.05) is 19.0 Å². The van der Waals surface area contributed by atoms with Gasteiger partial charge >= 0.3 is 0 Å². The topological polar surface area (TPSA) is 78.3 Å². The summed E-state index contributed by atoms with van der Waals surface area (Å²) in [6.07, 6.45) is 1.62. The Kier molecular flexibility index (Phi) is 5.76. The van der Waals surface area contributed by atoms with Crippen LogP contribution in [0.2, 0.25) is 0 Å². The molecule has 2 aromatic heterocycles. The highest BCUT2D eigenvalue weighted by atomic mass is 32.1. The number of thiazole rings is 1. The Hall–Kier alpha value is -3.65. The lowest BCUT2D eigenvalue weighted by Crippen LogP contribution is -2.21. The number of amides is 1. The van der Waals surface area contributed by atoms with E-state index >= 15 is 0 Å². The van der Waals surface area contributed by atoms with Gasteiger partial charge in [0.05, 0.1) is 19.0 Å². The van der Waals surface area contributed by atoms with Crippen LogP contribution in [0.3, 0.4) is 0 Å². The van der Waals surface area contributed by atoms with E-state index in [0.29, 0.717) is 11.6 Å². The number of nitrogens with one attached hydrogen (secondary N) is 1. The average molecular weight is 420 g/mol. The van der Waals surface area contributed by atoms with Crippen molar-refractivity contribution < 1.29 is 14.3 Å². The van der Waals surface area contributed by atoms with Crippen LogP contribution < -0.4 is 14.8 Å². The first-order valence-corrected chi connectivity index (χ1v) is 10.1. The lowest BCUT2D eigenvalue weighted by molar-refractivity contribution is -0.118. The molecule has 1 N–H and O–H groups in total. The van der Waals surface area contributed by atoms with Crippen LogP contribution in [0, 0.1) is 6.92 Å². The maximum absolute atomic E-state index is 12.4. The molecule has 0 aliphatic rings. The summed E-state index contributed by atoms with van der Waals surface area (Å²) in [5.74, 6) is 2.31. The van der Waals surface area contributed by atoms with Crippen LogP contribution in [0.5, 0.6) is 11.5 Å². The van der Waals surface area contributed by atoms with Gasteiger partial charge in [-0.25, -0.2) is 9.97 Å². The molecule has 0 aliphatic carbocycles. The number of imidazole rings is 1. The summed E-state index contributed by atoms with van der Waals surface area (Å²) in [4.78, 5) is 21.4. The second kappa shape index (κ2) is 8.79. The summed E-state index contributed by atoms with van der Waals surface area (Å²) in [7, 11) is 1.60. The van der Waals surface area contributed by atoms with Crippen LogP contribution >= 0.6 is 11.3 Å². The zero-order valence-corrected chi connectivity index (χ0v) is 17.3. The highest BCUT2D eigenvalue weighted by Gasteiger charge is 2.15. The van der Waals surface area contributed by atoms with Gasteiger partial charge in [0.2, 0.25) is 0 Å². The largest absolute Gasteiger partial charge is 0.497 e. The van der Waals surface area contributed by atoms with Crippen LogP contribution in [0.4, 0.5) is 5.82 Å². The number of carbonyl (C=O) groups is 1. The minimum absolute atomic E-state index is 0.121. The minimum atomic E-state index is -0.285. The van der Waals surface area contributed by atoms with E-state index in [1.165, 1.54) is 11.3 Å². The fourth-order valence-electron chi connectivity index (χ4n) is 2.88. The van der Waals surface area contributed by atoms with Crippen molar-refractivity contribution in [1.82, 2.24) is 14.5 Å². The molecule has 0 atom stereocenters. The van der Waals surface area contributed by atoms with Crippen molar-refractivity contribution in [3.63, 3.8) is 0 Å². The van der Waals surface area contributed by atoms with Crippen molar-refractivity contribution in [2.24, 2.45) is 0 Å². The van der Waals surface area contributed by atoms with Gasteiger partial charge in [-0.05, 0) is 31.2 Å². The molecule has 0 spiro atoms. The Labute approximate surface area is 177 Å². The van der Waals surface area contributed by atoms with Crippen molar-refractivity contribution in [1.29, 1.82) is 0 Å². The molecule has 0 bridgehead atoms. The number of methoxy groups -OCH3 is 1. The van der Waals surface area contributed by atoms with Crippen LogP contribution in [0.25, 0.3) is 16.4 Å². The third-order valence-corrected chi connectivity index (χ3v) is 5.21. The molecular formula is C22H20N4O3S. The van der Waals surface area contributed by atoms with E-state index in [2.05, 4.69) is 10.3 Å². The van der Waals surface area contributed by atoms with Gasteiger partial charge in [-0.2, -0.15) is 0 Å². The molecule has 152 valence electrons. The van der Waals surface area contributed by atoms with Gasteiger partial charge in [0, 0.05) is 10.9 Å². The molecule has 4 rings (SSSR count). The molecule has 2 aromatic carbocycles. The lowest BCUT2D eigenvalue weighted by Gasteiger charge is -2.10. The lowest BCUT2D eigenvalue weighted by atomic mass is 10.2. The smallest absolute Gasteiger partial charge is 0.263 e. The summed E-state index contributed by atoms with van der Waals surface area (Å²) in [6.45, 7) is 1.75. The first-order valence-electron chi connectivity index (χ1n) is 9.26. The number of ether oxygens (including phenoxy) is 2. The predicted octanol–water partition coefficient (Wildman–Crippen LogP) is 4.33. The number of hydrogen-bond acceptors (Lipinski definition) is 6. The van der Waals surface area contributed by atoms with Gasteiger partial charge in [-0.1, -0.05) is 30.3 Å². The summed E-state index contributed by atoms with van der Waals surface area (Å²) in [5, 5.41) is 5.57. The van der Waals surface area contributed by atoms with Gasteiger partial charge in [-0.3, -0.25) is 9.36 Å². The standard InChI is InChI=1S/C22H20N4O3S/c1-15-23-12-20(25-21(27)13-29-18-10-8-17(28-2)9-11-18)26(15)22-24-19(14-30-22)16-6-4-3-5-7-16/h3-12,14H,13H2,1-2H3,(H,25,27). The normalized spacial score (nSPS) is 10.6. The van der Waals surface area contributed by atoms with E-state index in [1.807, 2.05) is 47.2 Å². The van der Waals surface area contributed by atoms with Gasteiger partial charge in [-0.15, -0.1) is 11.3 Å². The van der Waals surface area contributed by atoms with E-state index < -0.39 is 0 Å². The third-order valence-electron chi connectivity index (χ3n) is 4.39.